The van der Waals surface area contributed by atoms with Gasteiger partial charge in [-0.25, -0.2) is 0 Å². The van der Waals surface area contributed by atoms with E-state index in [9.17, 15) is 14.4 Å². The van der Waals surface area contributed by atoms with Crippen molar-refractivity contribution in [3.8, 4) is 5.69 Å². The number of benzene rings is 1. The molecule has 3 rings (SSSR count). The first-order chi connectivity index (χ1) is 12.6. The van der Waals surface area contributed by atoms with E-state index in [-0.39, 0.29) is 17.2 Å². The zero-order valence-corrected chi connectivity index (χ0v) is 14.4. The van der Waals surface area contributed by atoms with Crippen LogP contribution in [0.4, 0.5) is 0 Å². The number of carbonyl (C=O) groups excluding carboxylic acids is 2. The number of hydrogen-bond acceptors (Lipinski definition) is 5. The van der Waals surface area contributed by atoms with Gasteiger partial charge in [0.1, 0.15) is 11.7 Å². The van der Waals surface area contributed by atoms with Gasteiger partial charge in [-0.3, -0.25) is 14.4 Å². The van der Waals surface area contributed by atoms with E-state index < -0.39 is 11.9 Å². The van der Waals surface area contributed by atoms with E-state index in [0.717, 1.165) is 4.68 Å². The second-order valence-corrected chi connectivity index (χ2v) is 5.94. The molecule has 2 heterocycles. The summed E-state index contributed by atoms with van der Waals surface area (Å²) in [6.45, 7) is 3.64. The van der Waals surface area contributed by atoms with E-state index in [1.807, 2.05) is 6.07 Å². The van der Waals surface area contributed by atoms with Crippen molar-refractivity contribution in [3.63, 3.8) is 0 Å². The predicted octanol–water partition coefficient (Wildman–Crippen LogP) is 0.210. The molecule has 0 aliphatic carbocycles. The third kappa shape index (κ3) is 3.97. The maximum Gasteiger partial charge on any atom is 0.272 e. The molecule has 0 spiro atoms. The van der Waals surface area contributed by atoms with Crippen molar-refractivity contribution in [2.75, 3.05) is 26.3 Å². The summed E-state index contributed by atoms with van der Waals surface area (Å²) in [5.41, 5.74) is 0.282. The van der Waals surface area contributed by atoms with Gasteiger partial charge in [0.05, 0.1) is 18.9 Å². The monoisotopic (exact) mass is 356 g/mol. The Labute approximate surface area is 150 Å². The molecular weight excluding hydrogens is 336 g/mol. The summed E-state index contributed by atoms with van der Waals surface area (Å²) in [5.74, 6) is -0.679. The predicted molar refractivity (Wildman–Crippen MR) is 94.2 cm³/mol. The Hall–Kier alpha value is -3.00. The van der Waals surface area contributed by atoms with Crippen molar-refractivity contribution in [1.29, 1.82) is 0 Å². The Kier molecular flexibility index (Phi) is 5.43. The van der Waals surface area contributed by atoms with Crippen LogP contribution in [0.5, 0.6) is 0 Å². The fourth-order valence-corrected chi connectivity index (χ4v) is 2.68. The van der Waals surface area contributed by atoms with Gasteiger partial charge in [0.15, 0.2) is 0 Å². The number of rotatable bonds is 4. The first-order valence-corrected chi connectivity index (χ1v) is 8.39. The fraction of sp³-hybridized carbons (Fsp3) is 0.333. The molecule has 8 heteroatoms. The van der Waals surface area contributed by atoms with Gasteiger partial charge < -0.3 is 15.0 Å². The van der Waals surface area contributed by atoms with Crippen molar-refractivity contribution in [3.05, 3.63) is 58.5 Å². The molecule has 1 aliphatic rings. The number of nitrogens with zero attached hydrogens (tertiary/aromatic N) is 3. The summed E-state index contributed by atoms with van der Waals surface area (Å²) in [7, 11) is 0. The van der Waals surface area contributed by atoms with Crippen molar-refractivity contribution >= 4 is 11.8 Å². The lowest BCUT2D eigenvalue weighted by molar-refractivity contribution is -0.136. The van der Waals surface area contributed by atoms with Crippen LogP contribution in [0.3, 0.4) is 0 Å². The maximum atomic E-state index is 12.5. The van der Waals surface area contributed by atoms with Crippen molar-refractivity contribution in [1.82, 2.24) is 20.0 Å². The molecule has 1 unspecified atom stereocenters. The number of morpholine rings is 1. The second kappa shape index (κ2) is 7.92. The van der Waals surface area contributed by atoms with Gasteiger partial charge in [-0.05, 0) is 25.1 Å². The molecular formula is C18H20N4O4. The lowest BCUT2D eigenvalue weighted by Crippen LogP contribution is -2.50. The van der Waals surface area contributed by atoms with Crippen LogP contribution < -0.4 is 10.9 Å². The van der Waals surface area contributed by atoms with Crippen LogP contribution in [0.15, 0.2) is 47.3 Å². The standard InChI is InChI=1S/C18H20N4O4/c1-13(18(25)21-9-11-26-12-10-21)19-17(24)15-7-8-16(23)22(20-15)14-5-3-2-4-6-14/h2-8,13H,9-12H2,1H3,(H,19,24). The van der Waals surface area contributed by atoms with Crippen LogP contribution in [0.25, 0.3) is 5.69 Å². The van der Waals surface area contributed by atoms with Crippen LogP contribution in [0, 0.1) is 0 Å². The number of para-hydroxylation sites is 1. The van der Waals surface area contributed by atoms with E-state index in [4.69, 9.17) is 4.74 Å². The van der Waals surface area contributed by atoms with Crippen molar-refractivity contribution < 1.29 is 14.3 Å². The molecule has 0 saturated carbocycles. The third-order valence-electron chi connectivity index (χ3n) is 4.07. The molecule has 0 bridgehead atoms. The lowest BCUT2D eigenvalue weighted by Gasteiger charge is -2.29. The van der Waals surface area contributed by atoms with Gasteiger partial charge in [-0.1, -0.05) is 18.2 Å². The van der Waals surface area contributed by atoms with E-state index in [1.165, 1.54) is 12.1 Å². The quantitative estimate of drug-likeness (QED) is 0.845. The summed E-state index contributed by atoms with van der Waals surface area (Å²) in [6, 6.07) is 10.8. The minimum Gasteiger partial charge on any atom is -0.378 e. The SMILES string of the molecule is CC(NC(=O)c1ccc(=O)n(-c2ccccc2)n1)C(=O)N1CCOCC1. The number of aromatic nitrogens is 2. The van der Waals surface area contributed by atoms with Gasteiger partial charge in [0, 0.05) is 19.2 Å². The molecule has 1 N–H and O–H groups in total. The number of hydrogen-bond donors (Lipinski definition) is 1. The molecule has 26 heavy (non-hydrogen) atoms. The van der Waals surface area contributed by atoms with Gasteiger partial charge in [-0.2, -0.15) is 9.78 Å². The summed E-state index contributed by atoms with van der Waals surface area (Å²) >= 11 is 0. The number of ether oxygens (including phenoxy) is 1. The Bertz CT molecular complexity index is 844. The number of amides is 2. The van der Waals surface area contributed by atoms with Crippen LogP contribution in [0.1, 0.15) is 17.4 Å². The summed E-state index contributed by atoms with van der Waals surface area (Å²) in [4.78, 5) is 38.5. The average Bonchev–Trinajstić information content (AvgIpc) is 2.69. The van der Waals surface area contributed by atoms with Gasteiger partial charge in [0.2, 0.25) is 5.91 Å². The van der Waals surface area contributed by atoms with Crippen molar-refractivity contribution in [2.45, 2.75) is 13.0 Å². The number of carbonyl (C=O) groups is 2. The smallest absolute Gasteiger partial charge is 0.272 e. The first-order valence-electron chi connectivity index (χ1n) is 8.39. The summed E-state index contributed by atoms with van der Waals surface area (Å²) < 4.78 is 6.38. The summed E-state index contributed by atoms with van der Waals surface area (Å²) in [5, 5.41) is 6.76. The first kappa shape index (κ1) is 17.8. The normalized spacial score (nSPS) is 15.3. The van der Waals surface area contributed by atoms with Crippen molar-refractivity contribution in [2.24, 2.45) is 0 Å². The lowest BCUT2D eigenvalue weighted by atomic mass is 10.2. The highest BCUT2D eigenvalue weighted by Gasteiger charge is 2.24. The molecule has 1 saturated heterocycles. The van der Waals surface area contributed by atoms with Crippen LogP contribution in [0.2, 0.25) is 0 Å². The van der Waals surface area contributed by atoms with Crippen LogP contribution in [-0.4, -0.2) is 58.8 Å². The van der Waals surface area contributed by atoms with Gasteiger partial charge in [-0.15, -0.1) is 0 Å². The average molecular weight is 356 g/mol. The van der Waals surface area contributed by atoms with Crippen LogP contribution in [-0.2, 0) is 9.53 Å². The van der Waals surface area contributed by atoms with Gasteiger partial charge in [0.25, 0.3) is 11.5 Å². The zero-order valence-electron chi connectivity index (χ0n) is 14.4. The molecule has 0 radical (unpaired) electrons. The third-order valence-corrected chi connectivity index (χ3v) is 4.07. The largest absolute Gasteiger partial charge is 0.378 e. The van der Waals surface area contributed by atoms with E-state index in [1.54, 1.807) is 36.1 Å². The fourth-order valence-electron chi connectivity index (χ4n) is 2.68. The van der Waals surface area contributed by atoms with E-state index >= 15 is 0 Å². The molecule has 8 nitrogen and oxygen atoms in total. The molecule has 2 amide bonds. The van der Waals surface area contributed by atoms with E-state index in [2.05, 4.69) is 10.4 Å². The molecule has 1 aromatic heterocycles. The minimum atomic E-state index is -0.695. The Morgan fingerprint density at radius 3 is 2.50 bits per heavy atom. The van der Waals surface area contributed by atoms with E-state index in [0.29, 0.717) is 32.0 Å². The maximum absolute atomic E-state index is 12.5. The topological polar surface area (TPSA) is 93.5 Å². The molecule has 1 atom stereocenters. The molecule has 136 valence electrons. The Morgan fingerprint density at radius 2 is 1.81 bits per heavy atom. The second-order valence-electron chi connectivity index (χ2n) is 5.94. The molecule has 2 aromatic rings. The van der Waals surface area contributed by atoms with Crippen LogP contribution >= 0.6 is 0 Å². The molecule has 1 aromatic carbocycles. The number of nitrogens with one attached hydrogen (secondary N) is 1. The molecule has 1 aliphatic heterocycles. The minimum absolute atomic E-state index is 0.0649. The Morgan fingerprint density at radius 1 is 1.12 bits per heavy atom. The zero-order chi connectivity index (χ0) is 18.5. The highest BCUT2D eigenvalue weighted by molar-refractivity contribution is 5.95. The molecule has 1 fully saturated rings. The Balaban J connectivity index is 1.73. The highest BCUT2D eigenvalue weighted by atomic mass is 16.5. The highest BCUT2D eigenvalue weighted by Crippen LogP contribution is 2.04. The van der Waals surface area contributed by atoms with Gasteiger partial charge >= 0.3 is 0 Å². The summed E-state index contributed by atoms with van der Waals surface area (Å²) in [6.07, 6.45) is 0.